The first kappa shape index (κ1) is 22.3. The molecule has 1 aliphatic carbocycles. The minimum absolute atomic E-state index is 0.118. The molecule has 33 heavy (non-hydrogen) atoms. The lowest BCUT2D eigenvalue weighted by molar-refractivity contribution is -0.133. The Bertz CT molecular complexity index is 1160. The van der Waals surface area contributed by atoms with Crippen LogP contribution in [0.3, 0.4) is 0 Å². The number of nitrogens with zero attached hydrogens (tertiary/aromatic N) is 3. The normalized spacial score (nSPS) is 19.2. The molecular formula is C25H33N5O3. The summed E-state index contributed by atoms with van der Waals surface area (Å²) in [7, 11) is 0. The molecule has 0 amide bonds. The molecule has 2 fully saturated rings. The van der Waals surface area contributed by atoms with Crippen LogP contribution in [0.5, 0.6) is 0 Å². The van der Waals surface area contributed by atoms with Crippen molar-refractivity contribution >= 4 is 33.5 Å². The molecule has 3 heterocycles. The average Bonchev–Trinajstić information content (AvgIpc) is 3.47. The second kappa shape index (κ2) is 9.00. The third kappa shape index (κ3) is 4.23. The number of fused-ring (bicyclic) bond motifs is 3. The van der Waals surface area contributed by atoms with Crippen LogP contribution in [0.1, 0.15) is 57.3 Å². The Balaban J connectivity index is 1.65. The van der Waals surface area contributed by atoms with Gasteiger partial charge in [0.25, 0.3) is 0 Å². The number of anilines is 1. The highest BCUT2D eigenvalue weighted by Gasteiger charge is 2.51. The summed E-state index contributed by atoms with van der Waals surface area (Å²) >= 11 is 0. The number of benzene rings is 1. The molecule has 1 atom stereocenters. The molecule has 1 saturated carbocycles. The number of piperidine rings is 1. The molecule has 176 valence electrons. The molecule has 0 bridgehead atoms. The van der Waals surface area contributed by atoms with Gasteiger partial charge in [0.15, 0.2) is 11.6 Å². The van der Waals surface area contributed by atoms with E-state index < -0.39 is 11.6 Å². The van der Waals surface area contributed by atoms with Crippen LogP contribution in [0.15, 0.2) is 24.3 Å². The van der Waals surface area contributed by atoms with Crippen molar-refractivity contribution in [2.75, 3.05) is 25.4 Å². The number of carbonyl (C=O) groups is 1. The molecule has 0 radical (unpaired) electrons. The lowest BCUT2D eigenvalue weighted by Gasteiger charge is -2.27. The summed E-state index contributed by atoms with van der Waals surface area (Å²) in [6.07, 6.45) is 4.86. The summed E-state index contributed by atoms with van der Waals surface area (Å²) in [4.78, 5) is 23.0. The SMILES string of the molecule is CCOCc1nc2c(N)nc3ccccc3c2n1C(CCC1CCNCC1)C(=O)C1(O)CC1. The Hall–Kier alpha value is -2.55. The van der Waals surface area contributed by atoms with Crippen molar-refractivity contribution in [3.05, 3.63) is 30.1 Å². The first-order chi connectivity index (χ1) is 16.0. The molecule has 1 aromatic carbocycles. The van der Waals surface area contributed by atoms with Gasteiger partial charge in [0.1, 0.15) is 23.5 Å². The molecular weight excluding hydrogens is 418 g/mol. The predicted octanol–water partition coefficient (Wildman–Crippen LogP) is 3.12. The van der Waals surface area contributed by atoms with E-state index >= 15 is 0 Å². The molecule has 8 heteroatoms. The van der Waals surface area contributed by atoms with E-state index in [1.807, 2.05) is 35.8 Å². The van der Waals surface area contributed by atoms with Gasteiger partial charge in [-0.25, -0.2) is 9.97 Å². The number of rotatable bonds is 9. The average molecular weight is 452 g/mol. The van der Waals surface area contributed by atoms with Gasteiger partial charge in [-0.2, -0.15) is 0 Å². The Morgan fingerprint density at radius 2 is 2.06 bits per heavy atom. The number of hydrogen-bond donors (Lipinski definition) is 3. The van der Waals surface area contributed by atoms with Gasteiger partial charge in [-0.3, -0.25) is 4.79 Å². The smallest absolute Gasteiger partial charge is 0.187 e. The lowest BCUT2D eigenvalue weighted by Crippen LogP contribution is -2.34. The largest absolute Gasteiger partial charge is 0.382 e. The number of nitrogen functional groups attached to an aromatic ring is 1. The number of hydrogen-bond acceptors (Lipinski definition) is 7. The van der Waals surface area contributed by atoms with Gasteiger partial charge in [0, 0.05) is 12.0 Å². The molecule has 3 aromatic rings. The van der Waals surface area contributed by atoms with Crippen molar-refractivity contribution in [3.63, 3.8) is 0 Å². The van der Waals surface area contributed by atoms with Crippen molar-refractivity contribution in [1.29, 1.82) is 0 Å². The van der Waals surface area contributed by atoms with Crippen molar-refractivity contribution < 1.29 is 14.6 Å². The Morgan fingerprint density at radius 1 is 1.30 bits per heavy atom. The number of ether oxygens (including phenoxy) is 1. The van der Waals surface area contributed by atoms with Crippen LogP contribution in [-0.2, 0) is 16.1 Å². The molecule has 1 aliphatic heterocycles. The van der Waals surface area contributed by atoms with E-state index in [4.69, 9.17) is 15.5 Å². The van der Waals surface area contributed by atoms with Gasteiger partial charge in [0.2, 0.25) is 0 Å². The monoisotopic (exact) mass is 451 g/mol. The molecule has 2 aromatic heterocycles. The maximum Gasteiger partial charge on any atom is 0.187 e. The number of carbonyl (C=O) groups excluding carboxylic acids is 1. The van der Waals surface area contributed by atoms with E-state index in [0.29, 0.717) is 48.9 Å². The Kier molecular flexibility index (Phi) is 6.07. The van der Waals surface area contributed by atoms with E-state index in [1.54, 1.807) is 0 Å². The zero-order valence-electron chi connectivity index (χ0n) is 19.2. The number of pyridine rings is 1. The van der Waals surface area contributed by atoms with E-state index in [1.165, 1.54) is 0 Å². The van der Waals surface area contributed by atoms with Crippen molar-refractivity contribution in [2.45, 2.75) is 63.7 Å². The number of aliphatic hydroxyl groups is 1. The van der Waals surface area contributed by atoms with Crippen LogP contribution in [0.4, 0.5) is 5.82 Å². The number of para-hydroxylation sites is 1. The zero-order valence-corrected chi connectivity index (χ0v) is 19.2. The van der Waals surface area contributed by atoms with Gasteiger partial charge >= 0.3 is 0 Å². The number of aromatic nitrogens is 3. The summed E-state index contributed by atoms with van der Waals surface area (Å²) in [6, 6.07) is 7.28. The predicted molar refractivity (Wildman–Crippen MR) is 128 cm³/mol. The second-order valence-electron chi connectivity index (χ2n) is 9.43. The minimum Gasteiger partial charge on any atom is -0.382 e. The van der Waals surface area contributed by atoms with E-state index in [9.17, 15) is 9.90 Å². The topological polar surface area (TPSA) is 115 Å². The standard InChI is InChI=1S/C25H33N5O3/c1-2-33-15-20-29-21-22(17-5-3-4-6-18(17)28-24(21)26)30(20)19(23(31)25(32)11-12-25)8-7-16-9-13-27-14-10-16/h3-6,16,19,27,32H,2,7-15H2,1H3,(H2,26,28). The Labute approximate surface area is 193 Å². The summed E-state index contributed by atoms with van der Waals surface area (Å²) in [5.41, 5.74) is 7.26. The quantitative estimate of drug-likeness (QED) is 0.458. The number of Topliss-reactive ketones (excluding diaryl/α,β-unsaturated/α-hetero) is 1. The van der Waals surface area contributed by atoms with E-state index in [-0.39, 0.29) is 12.4 Å². The highest BCUT2D eigenvalue weighted by molar-refractivity contribution is 6.07. The first-order valence-corrected chi connectivity index (χ1v) is 12.1. The fourth-order valence-electron chi connectivity index (χ4n) is 5.12. The van der Waals surface area contributed by atoms with Gasteiger partial charge in [-0.1, -0.05) is 18.2 Å². The molecule has 4 N–H and O–H groups in total. The van der Waals surface area contributed by atoms with Crippen LogP contribution in [0, 0.1) is 5.92 Å². The summed E-state index contributed by atoms with van der Waals surface area (Å²) in [5.74, 6) is 1.46. The van der Waals surface area contributed by atoms with E-state index in [0.717, 1.165) is 48.8 Å². The van der Waals surface area contributed by atoms with Crippen LogP contribution in [0.2, 0.25) is 0 Å². The van der Waals surface area contributed by atoms with Crippen molar-refractivity contribution in [2.24, 2.45) is 5.92 Å². The molecule has 5 rings (SSSR count). The van der Waals surface area contributed by atoms with E-state index in [2.05, 4.69) is 10.3 Å². The van der Waals surface area contributed by atoms with Gasteiger partial charge in [-0.05, 0) is 70.5 Å². The summed E-state index contributed by atoms with van der Waals surface area (Å²) < 4.78 is 7.75. The Morgan fingerprint density at radius 3 is 2.79 bits per heavy atom. The fourth-order valence-corrected chi connectivity index (χ4v) is 5.12. The summed E-state index contributed by atoms with van der Waals surface area (Å²) in [6.45, 7) is 4.78. The van der Waals surface area contributed by atoms with Crippen molar-refractivity contribution in [3.8, 4) is 0 Å². The fraction of sp³-hybridized carbons (Fsp3) is 0.560. The van der Waals surface area contributed by atoms with Gasteiger partial charge in [0.05, 0.1) is 17.1 Å². The second-order valence-corrected chi connectivity index (χ2v) is 9.43. The minimum atomic E-state index is -1.23. The van der Waals surface area contributed by atoms with Crippen LogP contribution >= 0.6 is 0 Å². The number of nitrogens with two attached hydrogens (primary N) is 1. The molecule has 8 nitrogen and oxygen atoms in total. The molecule has 2 aliphatic rings. The lowest BCUT2D eigenvalue weighted by atomic mass is 9.89. The number of nitrogens with one attached hydrogen (secondary N) is 1. The van der Waals surface area contributed by atoms with Crippen LogP contribution in [0.25, 0.3) is 21.9 Å². The highest BCUT2D eigenvalue weighted by Crippen LogP contribution is 2.43. The van der Waals surface area contributed by atoms with Gasteiger partial charge in [-0.15, -0.1) is 0 Å². The molecule has 1 unspecified atom stereocenters. The maximum atomic E-state index is 13.7. The van der Waals surface area contributed by atoms with Gasteiger partial charge < -0.3 is 25.5 Å². The van der Waals surface area contributed by atoms with Crippen LogP contribution in [-0.4, -0.2) is 50.7 Å². The van der Waals surface area contributed by atoms with Crippen LogP contribution < -0.4 is 11.1 Å². The number of ketones is 1. The van der Waals surface area contributed by atoms with Crippen molar-refractivity contribution in [1.82, 2.24) is 19.9 Å². The highest BCUT2D eigenvalue weighted by atomic mass is 16.5. The summed E-state index contributed by atoms with van der Waals surface area (Å²) in [5, 5.41) is 15.2. The maximum absolute atomic E-state index is 13.7. The third-order valence-corrected chi connectivity index (χ3v) is 7.17. The molecule has 1 saturated heterocycles. The zero-order chi connectivity index (χ0) is 23.0. The number of imidazole rings is 1. The third-order valence-electron chi connectivity index (χ3n) is 7.17. The molecule has 0 spiro atoms. The first-order valence-electron chi connectivity index (χ1n) is 12.1.